The number of aliphatic hydroxyl groups is 1. The molecule has 0 fully saturated rings. The molecule has 2 aromatic carbocycles. The summed E-state index contributed by atoms with van der Waals surface area (Å²) in [6, 6.07) is 14.7. The molecule has 1 amide bonds. The topological polar surface area (TPSA) is 49.8 Å². The van der Waals surface area contributed by atoms with E-state index in [1.54, 1.807) is 7.05 Å². The van der Waals surface area contributed by atoms with Gasteiger partial charge in [-0.05, 0) is 23.3 Å². The summed E-state index contributed by atoms with van der Waals surface area (Å²) >= 11 is 0. The minimum atomic E-state index is -0.891. The molecular formula is C18H20FNO3. The molecule has 4 nitrogen and oxygen atoms in total. The van der Waals surface area contributed by atoms with E-state index in [9.17, 15) is 14.3 Å². The quantitative estimate of drug-likeness (QED) is 0.891. The smallest absolute Gasteiger partial charge is 0.256 e. The number of halogens is 1. The predicted octanol–water partition coefficient (Wildman–Crippen LogP) is 2.71. The lowest BCUT2D eigenvalue weighted by Crippen LogP contribution is -2.35. The lowest BCUT2D eigenvalue weighted by molar-refractivity contribution is -0.142. The number of nitrogens with zero attached hydrogens (tertiary/aromatic N) is 1. The van der Waals surface area contributed by atoms with Crippen molar-refractivity contribution >= 4 is 5.91 Å². The predicted molar refractivity (Wildman–Crippen MR) is 85.2 cm³/mol. The van der Waals surface area contributed by atoms with Crippen molar-refractivity contribution in [2.75, 3.05) is 20.7 Å². The number of carbonyl (C=O) groups excluding carboxylic acids is 1. The third-order valence-electron chi connectivity index (χ3n) is 3.64. The Morgan fingerprint density at radius 3 is 2.30 bits per heavy atom. The second kappa shape index (κ2) is 7.85. The fraction of sp³-hybridized carbons (Fsp3) is 0.278. The summed E-state index contributed by atoms with van der Waals surface area (Å²) in [7, 11) is 3.07. The molecule has 122 valence electrons. The standard InChI is InChI=1S/C18H20FNO3/c1-20(12-16(21)13-8-10-15(19)11-9-13)18(22)17(23-2)14-6-4-3-5-7-14/h3-11,16-17,21H,12H2,1-2H3/t16?,17-/m1/s1. The summed E-state index contributed by atoms with van der Waals surface area (Å²) in [6.07, 6.45) is -1.61. The van der Waals surface area contributed by atoms with Crippen molar-refractivity contribution in [3.05, 3.63) is 71.5 Å². The van der Waals surface area contributed by atoms with Crippen LogP contribution in [0.25, 0.3) is 0 Å². The third kappa shape index (κ3) is 4.37. The highest BCUT2D eigenvalue weighted by atomic mass is 19.1. The summed E-state index contributed by atoms with van der Waals surface area (Å²) in [5, 5.41) is 10.2. The van der Waals surface area contributed by atoms with Gasteiger partial charge in [0.25, 0.3) is 5.91 Å². The van der Waals surface area contributed by atoms with E-state index < -0.39 is 12.2 Å². The lowest BCUT2D eigenvalue weighted by Gasteiger charge is -2.25. The monoisotopic (exact) mass is 317 g/mol. The van der Waals surface area contributed by atoms with E-state index in [2.05, 4.69) is 0 Å². The SMILES string of the molecule is CO[C@@H](C(=O)N(C)CC(O)c1ccc(F)cc1)c1ccccc1. The lowest BCUT2D eigenvalue weighted by atomic mass is 10.1. The van der Waals surface area contributed by atoms with Crippen molar-refractivity contribution < 1.29 is 19.0 Å². The molecule has 2 atom stereocenters. The van der Waals surface area contributed by atoms with Gasteiger partial charge in [0.1, 0.15) is 5.82 Å². The van der Waals surface area contributed by atoms with Crippen LogP contribution in [0.3, 0.4) is 0 Å². The Morgan fingerprint density at radius 1 is 1.13 bits per heavy atom. The maximum atomic E-state index is 12.9. The van der Waals surface area contributed by atoms with Gasteiger partial charge in [0, 0.05) is 14.2 Å². The van der Waals surface area contributed by atoms with Crippen molar-refractivity contribution in [3.8, 4) is 0 Å². The highest BCUT2D eigenvalue weighted by molar-refractivity contribution is 5.82. The van der Waals surface area contributed by atoms with E-state index in [-0.39, 0.29) is 18.3 Å². The fourth-order valence-electron chi connectivity index (χ4n) is 2.35. The summed E-state index contributed by atoms with van der Waals surface area (Å²) in [4.78, 5) is 13.9. The van der Waals surface area contributed by atoms with Gasteiger partial charge < -0.3 is 14.7 Å². The van der Waals surface area contributed by atoms with Crippen molar-refractivity contribution in [2.45, 2.75) is 12.2 Å². The van der Waals surface area contributed by atoms with Crippen molar-refractivity contribution in [1.82, 2.24) is 4.90 Å². The van der Waals surface area contributed by atoms with E-state index in [1.807, 2.05) is 30.3 Å². The number of rotatable bonds is 6. The van der Waals surface area contributed by atoms with Gasteiger partial charge in [0.05, 0.1) is 12.6 Å². The maximum Gasteiger partial charge on any atom is 0.256 e. The molecular weight excluding hydrogens is 297 g/mol. The number of benzene rings is 2. The molecule has 1 N–H and O–H groups in total. The van der Waals surface area contributed by atoms with Gasteiger partial charge in [-0.2, -0.15) is 0 Å². The first kappa shape index (κ1) is 17.1. The zero-order valence-electron chi connectivity index (χ0n) is 13.1. The van der Waals surface area contributed by atoms with Crippen LogP contribution in [0.5, 0.6) is 0 Å². The van der Waals surface area contributed by atoms with Crippen molar-refractivity contribution in [1.29, 1.82) is 0 Å². The number of aliphatic hydroxyl groups excluding tert-OH is 1. The zero-order chi connectivity index (χ0) is 16.8. The largest absolute Gasteiger partial charge is 0.387 e. The third-order valence-corrected chi connectivity index (χ3v) is 3.64. The van der Waals surface area contributed by atoms with Crippen LogP contribution in [0.4, 0.5) is 4.39 Å². The van der Waals surface area contributed by atoms with Gasteiger partial charge in [0.15, 0.2) is 6.10 Å². The van der Waals surface area contributed by atoms with Crippen LogP contribution in [-0.2, 0) is 9.53 Å². The Labute approximate surface area is 135 Å². The average molecular weight is 317 g/mol. The molecule has 0 aliphatic carbocycles. The molecule has 0 aromatic heterocycles. The average Bonchev–Trinajstić information content (AvgIpc) is 2.57. The van der Waals surface area contributed by atoms with Gasteiger partial charge in [0.2, 0.25) is 0 Å². The Hall–Kier alpha value is -2.24. The first-order chi connectivity index (χ1) is 11.0. The normalized spacial score (nSPS) is 13.4. The molecule has 0 aliphatic rings. The molecule has 2 rings (SSSR count). The van der Waals surface area contributed by atoms with E-state index in [0.717, 1.165) is 5.56 Å². The number of hydrogen-bond acceptors (Lipinski definition) is 3. The van der Waals surface area contributed by atoms with Gasteiger partial charge >= 0.3 is 0 Å². The van der Waals surface area contributed by atoms with Crippen LogP contribution in [0.2, 0.25) is 0 Å². The number of likely N-dealkylation sites (N-methyl/N-ethyl adjacent to an activating group) is 1. The Balaban J connectivity index is 2.05. The number of hydrogen-bond donors (Lipinski definition) is 1. The Morgan fingerprint density at radius 2 is 1.74 bits per heavy atom. The molecule has 0 aliphatic heterocycles. The molecule has 2 aromatic rings. The van der Waals surface area contributed by atoms with Gasteiger partial charge in [-0.25, -0.2) is 4.39 Å². The molecule has 5 heteroatoms. The molecule has 0 spiro atoms. The number of methoxy groups -OCH3 is 1. The second-order valence-electron chi connectivity index (χ2n) is 5.31. The van der Waals surface area contributed by atoms with Crippen LogP contribution in [-0.4, -0.2) is 36.6 Å². The molecule has 0 saturated heterocycles. The van der Waals surface area contributed by atoms with Crippen LogP contribution in [0, 0.1) is 5.82 Å². The molecule has 1 unspecified atom stereocenters. The molecule has 0 radical (unpaired) electrons. The minimum Gasteiger partial charge on any atom is -0.387 e. The number of ether oxygens (including phenoxy) is 1. The van der Waals surface area contributed by atoms with E-state index in [1.165, 1.54) is 36.3 Å². The Kier molecular flexibility index (Phi) is 5.84. The van der Waals surface area contributed by atoms with E-state index >= 15 is 0 Å². The van der Waals surface area contributed by atoms with Gasteiger partial charge in [-0.1, -0.05) is 42.5 Å². The molecule has 0 bridgehead atoms. The van der Waals surface area contributed by atoms with Crippen LogP contribution < -0.4 is 0 Å². The highest BCUT2D eigenvalue weighted by Gasteiger charge is 2.25. The summed E-state index contributed by atoms with van der Waals surface area (Å²) in [5.74, 6) is -0.617. The summed E-state index contributed by atoms with van der Waals surface area (Å²) < 4.78 is 18.2. The van der Waals surface area contributed by atoms with Gasteiger partial charge in [-0.15, -0.1) is 0 Å². The highest BCUT2D eigenvalue weighted by Crippen LogP contribution is 2.21. The molecule has 0 saturated carbocycles. The minimum absolute atomic E-state index is 0.0944. The maximum absolute atomic E-state index is 12.9. The first-order valence-electron chi connectivity index (χ1n) is 7.29. The second-order valence-corrected chi connectivity index (χ2v) is 5.31. The molecule has 0 heterocycles. The van der Waals surface area contributed by atoms with Gasteiger partial charge in [-0.3, -0.25) is 4.79 Å². The summed E-state index contributed by atoms with van der Waals surface area (Å²) in [5.41, 5.74) is 1.31. The zero-order valence-corrected chi connectivity index (χ0v) is 13.1. The number of carbonyl (C=O) groups is 1. The van der Waals surface area contributed by atoms with Crippen LogP contribution in [0.1, 0.15) is 23.3 Å². The Bertz CT molecular complexity index is 630. The van der Waals surface area contributed by atoms with Crippen LogP contribution >= 0.6 is 0 Å². The fourth-order valence-corrected chi connectivity index (χ4v) is 2.35. The van der Waals surface area contributed by atoms with E-state index in [0.29, 0.717) is 5.56 Å². The number of amides is 1. The first-order valence-corrected chi connectivity index (χ1v) is 7.29. The van der Waals surface area contributed by atoms with Crippen LogP contribution in [0.15, 0.2) is 54.6 Å². The molecule has 23 heavy (non-hydrogen) atoms. The van der Waals surface area contributed by atoms with E-state index in [4.69, 9.17) is 4.74 Å². The summed E-state index contributed by atoms with van der Waals surface area (Å²) in [6.45, 7) is 0.0944. The van der Waals surface area contributed by atoms with Crippen molar-refractivity contribution in [3.63, 3.8) is 0 Å². The van der Waals surface area contributed by atoms with Crippen molar-refractivity contribution in [2.24, 2.45) is 0 Å².